The molecule has 0 spiro atoms. The average molecular weight is 245 g/mol. The standard InChI is InChI=1S/C14H19N3O/c1-10(2)17-7-6-12(16-17)9-18-14-5-4-11(3)8-13(14)15/h4-8,10H,9,15H2,1-3H3. The van der Waals surface area contributed by atoms with Gasteiger partial charge in [0.05, 0.1) is 11.4 Å². The number of aryl methyl sites for hydroxylation is 1. The lowest BCUT2D eigenvalue weighted by Crippen LogP contribution is -2.04. The van der Waals surface area contributed by atoms with Gasteiger partial charge in [0.25, 0.3) is 0 Å². The predicted molar refractivity (Wildman–Crippen MR) is 72.5 cm³/mol. The first-order valence-electron chi connectivity index (χ1n) is 6.09. The van der Waals surface area contributed by atoms with Gasteiger partial charge in [-0.05, 0) is 44.5 Å². The summed E-state index contributed by atoms with van der Waals surface area (Å²) in [5.41, 5.74) is 8.59. The zero-order chi connectivity index (χ0) is 13.1. The molecule has 0 aliphatic carbocycles. The SMILES string of the molecule is Cc1ccc(OCc2ccn(C(C)C)n2)c(N)c1. The highest BCUT2D eigenvalue weighted by Gasteiger charge is 2.04. The van der Waals surface area contributed by atoms with Crippen LogP contribution in [-0.2, 0) is 6.61 Å². The zero-order valence-corrected chi connectivity index (χ0v) is 11.1. The fourth-order valence-electron chi connectivity index (χ4n) is 1.69. The van der Waals surface area contributed by atoms with Crippen LogP contribution >= 0.6 is 0 Å². The molecule has 0 radical (unpaired) electrons. The van der Waals surface area contributed by atoms with Gasteiger partial charge >= 0.3 is 0 Å². The van der Waals surface area contributed by atoms with Gasteiger partial charge in [-0.2, -0.15) is 5.10 Å². The van der Waals surface area contributed by atoms with Gasteiger partial charge in [-0.15, -0.1) is 0 Å². The molecular formula is C14H19N3O. The number of aromatic nitrogens is 2. The third-order valence-electron chi connectivity index (χ3n) is 2.73. The molecule has 4 nitrogen and oxygen atoms in total. The van der Waals surface area contributed by atoms with Gasteiger partial charge in [0, 0.05) is 12.2 Å². The van der Waals surface area contributed by atoms with Crippen LogP contribution in [0.1, 0.15) is 31.1 Å². The van der Waals surface area contributed by atoms with Gasteiger partial charge < -0.3 is 10.5 Å². The third-order valence-corrected chi connectivity index (χ3v) is 2.73. The Morgan fingerprint density at radius 1 is 1.33 bits per heavy atom. The van der Waals surface area contributed by atoms with E-state index >= 15 is 0 Å². The summed E-state index contributed by atoms with van der Waals surface area (Å²) in [5, 5.41) is 4.42. The van der Waals surface area contributed by atoms with Crippen LogP contribution in [0.2, 0.25) is 0 Å². The summed E-state index contributed by atoms with van der Waals surface area (Å²) in [6.45, 7) is 6.63. The highest BCUT2D eigenvalue weighted by Crippen LogP contribution is 2.23. The van der Waals surface area contributed by atoms with Gasteiger partial charge in [0.1, 0.15) is 12.4 Å². The molecule has 2 rings (SSSR count). The summed E-state index contributed by atoms with van der Waals surface area (Å²) in [6.07, 6.45) is 1.96. The third kappa shape index (κ3) is 2.83. The van der Waals surface area contributed by atoms with E-state index in [-0.39, 0.29) is 0 Å². The molecule has 0 unspecified atom stereocenters. The van der Waals surface area contributed by atoms with Crippen molar-refractivity contribution < 1.29 is 4.74 Å². The molecule has 2 N–H and O–H groups in total. The molecule has 1 aromatic carbocycles. The second-order valence-corrected chi connectivity index (χ2v) is 4.71. The number of hydrogen-bond donors (Lipinski definition) is 1. The summed E-state index contributed by atoms with van der Waals surface area (Å²) < 4.78 is 7.58. The van der Waals surface area contributed by atoms with Crippen molar-refractivity contribution in [2.24, 2.45) is 0 Å². The molecule has 0 atom stereocenters. The lowest BCUT2D eigenvalue weighted by atomic mass is 10.2. The van der Waals surface area contributed by atoms with Gasteiger partial charge in [-0.1, -0.05) is 6.07 Å². The highest BCUT2D eigenvalue weighted by atomic mass is 16.5. The Bertz CT molecular complexity index is 532. The van der Waals surface area contributed by atoms with E-state index < -0.39 is 0 Å². The molecule has 0 saturated heterocycles. The van der Waals surface area contributed by atoms with Gasteiger partial charge in [-0.3, -0.25) is 4.68 Å². The molecule has 0 saturated carbocycles. The van der Waals surface area contributed by atoms with Crippen molar-refractivity contribution in [1.29, 1.82) is 0 Å². The number of rotatable bonds is 4. The second-order valence-electron chi connectivity index (χ2n) is 4.71. The Morgan fingerprint density at radius 3 is 2.72 bits per heavy atom. The minimum Gasteiger partial charge on any atom is -0.485 e. The first-order chi connectivity index (χ1) is 8.56. The Labute approximate surface area is 107 Å². The number of anilines is 1. The van der Waals surface area contributed by atoms with E-state index in [0.717, 1.165) is 11.3 Å². The molecule has 18 heavy (non-hydrogen) atoms. The van der Waals surface area contributed by atoms with E-state index in [1.807, 2.05) is 42.1 Å². The maximum Gasteiger partial charge on any atom is 0.142 e. The van der Waals surface area contributed by atoms with Crippen molar-refractivity contribution in [2.45, 2.75) is 33.4 Å². The Kier molecular flexibility index (Phi) is 3.55. The number of nitrogens with two attached hydrogens (primary N) is 1. The second kappa shape index (κ2) is 5.12. The summed E-state index contributed by atoms with van der Waals surface area (Å²) >= 11 is 0. The summed E-state index contributed by atoms with van der Waals surface area (Å²) in [6, 6.07) is 8.11. The molecule has 0 amide bonds. The summed E-state index contributed by atoms with van der Waals surface area (Å²) in [5.74, 6) is 0.708. The smallest absolute Gasteiger partial charge is 0.142 e. The Morgan fingerprint density at radius 2 is 2.11 bits per heavy atom. The van der Waals surface area contributed by atoms with Crippen LogP contribution in [0.5, 0.6) is 5.75 Å². The minimum atomic E-state index is 0.364. The first kappa shape index (κ1) is 12.5. The number of ether oxygens (including phenoxy) is 1. The van der Waals surface area contributed by atoms with Crippen molar-refractivity contribution in [3.8, 4) is 5.75 Å². The normalized spacial score (nSPS) is 10.9. The van der Waals surface area contributed by atoms with Gasteiger partial charge in [-0.25, -0.2) is 0 Å². The van der Waals surface area contributed by atoms with E-state index in [9.17, 15) is 0 Å². The van der Waals surface area contributed by atoms with Crippen LogP contribution in [0.15, 0.2) is 30.5 Å². The van der Waals surface area contributed by atoms with Crippen LogP contribution < -0.4 is 10.5 Å². The molecular weight excluding hydrogens is 226 g/mol. The van der Waals surface area contributed by atoms with E-state index in [1.54, 1.807) is 0 Å². The van der Waals surface area contributed by atoms with Crippen molar-refractivity contribution >= 4 is 5.69 Å². The summed E-state index contributed by atoms with van der Waals surface area (Å²) in [7, 11) is 0. The fourth-order valence-corrected chi connectivity index (χ4v) is 1.69. The van der Waals surface area contributed by atoms with Crippen LogP contribution in [0.4, 0.5) is 5.69 Å². The molecule has 96 valence electrons. The molecule has 0 aliphatic heterocycles. The van der Waals surface area contributed by atoms with Crippen molar-refractivity contribution in [3.63, 3.8) is 0 Å². The molecule has 0 bridgehead atoms. The van der Waals surface area contributed by atoms with E-state index in [2.05, 4.69) is 18.9 Å². The fraction of sp³-hybridized carbons (Fsp3) is 0.357. The average Bonchev–Trinajstić information content (AvgIpc) is 2.76. The largest absolute Gasteiger partial charge is 0.485 e. The molecule has 0 aliphatic rings. The molecule has 2 aromatic rings. The maximum atomic E-state index is 5.89. The van der Waals surface area contributed by atoms with Gasteiger partial charge in [0.2, 0.25) is 0 Å². The van der Waals surface area contributed by atoms with E-state index in [4.69, 9.17) is 10.5 Å². The van der Waals surface area contributed by atoms with Crippen LogP contribution in [-0.4, -0.2) is 9.78 Å². The quantitative estimate of drug-likeness (QED) is 0.843. The first-order valence-corrected chi connectivity index (χ1v) is 6.09. The Balaban J connectivity index is 2.02. The highest BCUT2D eigenvalue weighted by molar-refractivity contribution is 5.54. The Hall–Kier alpha value is -1.97. The van der Waals surface area contributed by atoms with Crippen LogP contribution in [0.25, 0.3) is 0 Å². The number of nitrogens with zero attached hydrogens (tertiary/aromatic N) is 2. The maximum absolute atomic E-state index is 5.89. The number of nitrogen functional groups attached to an aromatic ring is 1. The molecule has 1 heterocycles. The van der Waals surface area contributed by atoms with Crippen LogP contribution in [0.3, 0.4) is 0 Å². The predicted octanol–water partition coefficient (Wildman–Crippen LogP) is 2.93. The monoisotopic (exact) mass is 245 g/mol. The van der Waals surface area contributed by atoms with Crippen LogP contribution in [0, 0.1) is 6.92 Å². The minimum absolute atomic E-state index is 0.364. The lowest BCUT2D eigenvalue weighted by molar-refractivity contribution is 0.300. The summed E-state index contributed by atoms with van der Waals surface area (Å²) in [4.78, 5) is 0. The van der Waals surface area contributed by atoms with Crippen molar-refractivity contribution in [3.05, 3.63) is 41.7 Å². The molecule has 0 fully saturated rings. The molecule has 1 aromatic heterocycles. The van der Waals surface area contributed by atoms with Crippen molar-refractivity contribution in [2.75, 3.05) is 5.73 Å². The lowest BCUT2D eigenvalue weighted by Gasteiger charge is -2.08. The van der Waals surface area contributed by atoms with E-state index in [0.29, 0.717) is 24.1 Å². The number of hydrogen-bond acceptors (Lipinski definition) is 3. The van der Waals surface area contributed by atoms with E-state index in [1.165, 1.54) is 0 Å². The zero-order valence-electron chi connectivity index (χ0n) is 11.1. The molecule has 4 heteroatoms. The van der Waals surface area contributed by atoms with Crippen molar-refractivity contribution in [1.82, 2.24) is 9.78 Å². The number of benzene rings is 1. The van der Waals surface area contributed by atoms with Gasteiger partial charge in [0.15, 0.2) is 0 Å². The topological polar surface area (TPSA) is 53.1 Å².